The van der Waals surface area contributed by atoms with Gasteiger partial charge >= 0.3 is 6.18 Å². The first-order chi connectivity index (χ1) is 15.3. The lowest BCUT2D eigenvalue weighted by molar-refractivity contribution is -0.136. The van der Waals surface area contributed by atoms with Crippen molar-refractivity contribution in [2.75, 3.05) is 5.32 Å². The normalized spacial score (nSPS) is 13.0. The second-order valence-electron chi connectivity index (χ2n) is 7.12. The third kappa shape index (κ3) is 3.30. The molecule has 5 rings (SSSR count). The number of H-pyrrole nitrogens is 1. The Hall–Kier alpha value is -3.73. The highest BCUT2D eigenvalue weighted by Gasteiger charge is 2.35. The molecule has 0 saturated carbocycles. The predicted molar refractivity (Wildman–Crippen MR) is 116 cm³/mol. The molecule has 0 saturated heterocycles. The summed E-state index contributed by atoms with van der Waals surface area (Å²) in [6, 6.07) is 9.73. The number of aromatic nitrogens is 5. The van der Waals surface area contributed by atoms with E-state index < -0.39 is 23.3 Å². The van der Waals surface area contributed by atoms with Crippen LogP contribution in [-0.4, -0.2) is 24.5 Å². The third-order valence-electron chi connectivity index (χ3n) is 5.11. The molecule has 2 N–H and O–H groups in total. The Bertz CT molecular complexity index is 1490. The first-order valence-electron chi connectivity index (χ1n) is 9.55. The highest BCUT2D eigenvalue weighted by atomic mass is 32.1. The monoisotopic (exact) mass is 456 g/mol. The molecule has 162 valence electrons. The minimum Gasteiger partial charge on any atom is -0.360 e. The average molecular weight is 456 g/mol. The second-order valence-corrected chi connectivity index (χ2v) is 8.03. The zero-order valence-corrected chi connectivity index (χ0v) is 17.3. The summed E-state index contributed by atoms with van der Waals surface area (Å²) >= 11 is 0.898. The van der Waals surface area contributed by atoms with E-state index in [0.29, 0.717) is 28.4 Å². The minimum atomic E-state index is -4.62. The summed E-state index contributed by atoms with van der Waals surface area (Å²) in [5.41, 5.74) is 0.380. The summed E-state index contributed by atoms with van der Waals surface area (Å²) < 4.78 is 42.2. The fourth-order valence-electron chi connectivity index (χ4n) is 3.65. The molecule has 0 aliphatic rings. The molecular formula is C21H15F3N6OS. The second kappa shape index (κ2) is 7.45. The van der Waals surface area contributed by atoms with E-state index in [2.05, 4.69) is 25.3 Å². The Balaban J connectivity index is 1.71. The highest BCUT2D eigenvalue weighted by molar-refractivity contribution is 7.17. The molecular weight excluding hydrogens is 441 g/mol. The van der Waals surface area contributed by atoms with Gasteiger partial charge in [0.05, 0.1) is 23.3 Å². The molecule has 0 radical (unpaired) electrons. The van der Waals surface area contributed by atoms with Crippen molar-refractivity contribution in [1.82, 2.24) is 24.5 Å². The Morgan fingerprint density at radius 2 is 1.94 bits per heavy atom. The van der Waals surface area contributed by atoms with E-state index in [9.17, 15) is 18.0 Å². The van der Waals surface area contributed by atoms with E-state index in [1.54, 1.807) is 36.4 Å². The molecule has 7 nitrogen and oxygen atoms in total. The van der Waals surface area contributed by atoms with E-state index in [0.717, 1.165) is 16.7 Å². The topological polar surface area (TPSA) is 88.5 Å². The van der Waals surface area contributed by atoms with Crippen LogP contribution < -0.4 is 10.9 Å². The lowest BCUT2D eigenvalue weighted by Gasteiger charge is -2.21. The number of alkyl halides is 3. The summed E-state index contributed by atoms with van der Waals surface area (Å²) in [7, 11) is 0. The van der Waals surface area contributed by atoms with E-state index in [1.165, 1.54) is 17.2 Å². The van der Waals surface area contributed by atoms with E-state index in [1.807, 2.05) is 6.92 Å². The molecule has 0 fully saturated rings. The van der Waals surface area contributed by atoms with Crippen molar-refractivity contribution in [2.24, 2.45) is 0 Å². The van der Waals surface area contributed by atoms with Crippen molar-refractivity contribution in [3.8, 4) is 5.69 Å². The molecule has 11 heteroatoms. The largest absolute Gasteiger partial charge is 0.418 e. The lowest BCUT2D eigenvalue weighted by Crippen LogP contribution is -2.26. The van der Waals surface area contributed by atoms with Crippen molar-refractivity contribution < 1.29 is 13.2 Å². The summed E-state index contributed by atoms with van der Waals surface area (Å²) in [6.45, 7) is 1.81. The Morgan fingerprint density at radius 1 is 1.16 bits per heavy atom. The van der Waals surface area contributed by atoms with Crippen LogP contribution in [-0.2, 0) is 6.18 Å². The number of pyridine rings is 1. The summed E-state index contributed by atoms with van der Waals surface area (Å²) in [5, 5.41) is 3.88. The van der Waals surface area contributed by atoms with Crippen molar-refractivity contribution >= 4 is 38.4 Å². The molecule has 5 aromatic rings. The van der Waals surface area contributed by atoms with E-state index >= 15 is 0 Å². The van der Waals surface area contributed by atoms with Crippen LogP contribution in [0.3, 0.4) is 0 Å². The molecule has 32 heavy (non-hydrogen) atoms. The predicted octanol–water partition coefficient (Wildman–Crippen LogP) is 4.91. The zero-order chi connectivity index (χ0) is 22.5. The molecule has 0 spiro atoms. The number of hydrogen-bond donors (Lipinski definition) is 2. The molecule has 0 aliphatic heterocycles. The molecule has 1 unspecified atom stereocenters. The maximum atomic E-state index is 13.6. The van der Waals surface area contributed by atoms with Crippen LogP contribution >= 0.6 is 11.3 Å². The maximum Gasteiger partial charge on any atom is 0.418 e. The van der Waals surface area contributed by atoms with Gasteiger partial charge in [0.25, 0.3) is 5.56 Å². The van der Waals surface area contributed by atoms with E-state index in [-0.39, 0.29) is 10.1 Å². The van der Waals surface area contributed by atoms with Crippen LogP contribution in [0.1, 0.15) is 24.2 Å². The summed E-state index contributed by atoms with van der Waals surface area (Å²) in [4.78, 5) is 28.8. The maximum absolute atomic E-state index is 13.6. The number of rotatable bonds is 4. The van der Waals surface area contributed by atoms with Gasteiger partial charge in [-0.05, 0) is 25.1 Å². The number of benzene rings is 1. The summed E-state index contributed by atoms with van der Waals surface area (Å²) in [6.07, 6.45) is -1.77. The van der Waals surface area contributed by atoms with Gasteiger partial charge in [-0.3, -0.25) is 9.36 Å². The zero-order valence-electron chi connectivity index (χ0n) is 16.5. The fourth-order valence-corrected chi connectivity index (χ4v) is 4.65. The first kappa shape index (κ1) is 20.2. The van der Waals surface area contributed by atoms with Crippen LogP contribution in [0.2, 0.25) is 0 Å². The number of anilines is 1. The molecule has 0 bridgehead atoms. The third-order valence-corrected chi connectivity index (χ3v) is 6.04. The van der Waals surface area contributed by atoms with Gasteiger partial charge in [0.2, 0.25) is 0 Å². The molecule has 0 amide bonds. The van der Waals surface area contributed by atoms with Crippen LogP contribution in [0.5, 0.6) is 0 Å². The van der Waals surface area contributed by atoms with Gasteiger partial charge in [-0.1, -0.05) is 18.2 Å². The Kier molecular flexibility index (Phi) is 4.70. The highest BCUT2D eigenvalue weighted by Crippen LogP contribution is 2.38. The number of thiophene rings is 1. The van der Waals surface area contributed by atoms with Gasteiger partial charge in [-0.25, -0.2) is 15.0 Å². The van der Waals surface area contributed by atoms with Gasteiger partial charge < -0.3 is 10.3 Å². The lowest BCUT2D eigenvalue weighted by atomic mass is 10.1. The van der Waals surface area contributed by atoms with Gasteiger partial charge in [-0.15, -0.1) is 11.3 Å². The van der Waals surface area contributed by atoms with Crippen molar-refractivity contribution in [3.63, 3.8) is 0 Å². The van der Waals surface area contributed by atoms with Crippen LogP contribution in [0.15, 0.2) is 59.2 Å². The standard InChI is InChI=1S/C21H15F3N6OS/c1-11(29-19-17-18(26-9-25-17)27-10-28-19)14-7-15-16(13(8-32-15)21(22,23)24)20(31)30(14)12-5-3-2-4-6-12/h2-11H,1H3,(H2,25,26,27,28,29). The number of imidazole rings is 1. The number of nitrogens with zero attached hydrogens (tertiary/aromatic N) is 4. The molecule has 0 aliphatic carbocycles. The number of nitrogens with one attached hydrogen (secondary N) is 2. The van der Waals surface area contributed by atoms with Crippen molar-refractivity contribution in [2.45, 2.75) is 19.1 Å². The first-order valence-corrected chi connectivity index (χ1v) is 10.4. The van der Waals surface area contributed by atoms with Crippen molar-refractivity contribution in [3.05, 3.63) is 76.0 Å². The summed E-state index contributed by atoms with van der Waals surface area (Å²) in [5.74, 6) is 0.467. The van der Waals surface area contributed by atoms with E-state index in [4.69, 9.17) is 0 Å². The number of fused-ring (bicyclic) bond motifs is 2. The smallest absolute Gasteiger partial charge is 0.360 e. The number of para-hydroxylation sites is 1. The van der Waals surface area contributed by atoms with Crippen LogP contribution in [0, 0.1) is 0 Å². The van der Waals surface area contributed by atoms with Gasteiger partial charge in [0.1, 0.15) is 11.8 Å². The molecule has 4 aromatic heterocycles. The van der Waals surface area contributed by atoms with Gasteiger partial charge in [0.15, 0.2) is 11.5 Å². The fraction of sp³-hybridized carbons (Fsp3) is 0.143. The number of aromatic amines is 1. The Labute approximate surface area is 182 Å². The quantitative estimate of drug-likeness (QED) is 0.401. The number of halogens is 3. The van der Waals surface area contributed by atoms with Crippen LogP contribution in [0.25, 0.3) is 26.9 Å². The SMILES string of the molecule is CC(Nc1ncnc2nc[nH]c12)c1cc2scc(C(F)(F)F)c2c(=O)n1-c1ccccc1. The average Bonchev–Trinajstić information content (AvgIpc) is 3.42. The molecule has 1 atom stereocenters. The van der Waals surface area contributed by atoms with Crippen LogP contribution in [0.4, 0.5) is 19.0 Å². The van der Waals surface area contributed by atoms with Crippen molar-refractivity contribution in [1.29, 1.82) is 0 Å². The molecule has 4 heterocycles. The Morgan fingerprint density at radius 3 is 2.69 bits per heavy atom. The minimum absolute atomic E-state index is 0.271. The number of hydrogen-bond acceptors (Lipinski definition) is 6. The van der Waals surface area contributed by atoms with Gasteiger partial charge in [-0.2, -0.15) is 13.2 Å². The van der Waals surface area contributed by atoms with Gasteiger partial charge in [0, 0.05) is 21.5 Å². The molecule has 1 aromatic carbocycles.